The highest BCUT2D eigenvalue weighted by molar-refractivity contribution is 7.92. The molecule has 140 valence electrons. The van der Waals surface area contributed by atoms with E-state index in [9.17, 15) is 13.2 Å². The number of carbonyl (C=O) groups is 1. The highest BCUT2D eigenvalue weighted by Crippen LogP contribution is 2.22. The second kappa shape index (κ2) is 8.23. The molecule has 1 amide bonds. The maximum absolute atomic E-state index is 12.4. The minimum absolute atomic E-state index is 0.227. The van der Waals surface area contributed by atoms with Crippen molar-refractivity contribution in [2.24, 2.45) is 0 Å². The maximum Gasteiger partial charge on any atom is 0.251 e. The molecule has 0 heterocycles. The van der Waals surface area contributed by atoms with Crippen LogP contribution in [-0.4, -0.2) is 47.8 Å². The first-order valence-corrected chi connectivity index (χ1v) is 10.1. The molecule has 0 radical (unpaired) electrons. The molecule has 0 saturated carbocycles. The average molecular weight is 375 g/mol. The predicted octanol–water partition coefficient (Wildman–Crippen LogP) is 2.26. The number of rotatable bonds is 7. The van der Waals surface area contributed by atoms with E-state index in [4.69, 9.17) is 0 Å². The standard InChI is InChI=1S/C19H25N3O3S/c1-15-10-11-16(14-18(15)22(3)26(4,24)25)19(23)20-12-13-21(2)17-8-6-5-7-9-17/h5-11,14H,12-13H2,1-4H3,(H,20,23). The molecule has 0 fully saturated rings. The third kappa shape index (κ3) is 4.98. The molecule has 2 rings (SSSR count). The zero-order valence-electron chi connectivity index (χ0n) is 15.6. The van der Waals surface area contributed by atoms with Crippen molar-refractivity contribution < 1.29 is 13.2 Å². The molecule has 0 saturated heterocycles. The number of nitrogens with zero attached hydrogens (tertiary/aromatic N) is 2. The van der Waals surface area contributed by atoms with Crippen LogP contribution in [0.4, 0.5) is 11.4 Å². The van der Waals surface area contributed by atoms with Gasteiger partial charge < -0.3 is 10.2 Å². The Morgan fingerprint density at radius 1 is 1.08 bits per heavy atom. The third-order valence-corrected chi connectivity index (χ3v) is 5.43. The Balaban J connectivity index is 2.02. The van der Waals surface area contributed by atoms with Crippen molar-refractivity contribution in [2.45, 2.75) is 6.92 Å². The predicted molar refractivity (Wildman–Crippen MR) is 106 cm³/mol. The molecule has 0 aromatic heterocycles. The third-order valence-electron chi connectivity index (χ3n) is 4.24. The molecule has 6 nitrogen and oxygen atoms in total. The highest BCUT2D eigenvalue weighted by atomic mass is 32.2. The summed E-state index contributed by atoms with van der Waals surface area (Å²) in [6, 6.07) is 15.0. The number of aryl methyl sites for hydroxylation is 1. The van der Waals surface area contributed by atoms with E-state index in [-0.39, 0.29) is 5.91 Å². The van der Waals surface area contributed by atoms with E-state index < -0.39 is 10.0 Å². The van der Waals surface area contributed by atoms with E-state index in [0.29, 0.717) is 24.3 Å². The van der Waals surface area contributed by atoms with Crippen molar-refractivity contribution in [1.29, 1.82) is 0 Å². The van der Waals surface area contributed by atoms with Gasteiger partial charge in [0.25, 0.3) is 5.91 Å². The zero-order chi connectivity index (χ0) is 19.3. The largest absolute Gasteiger partial charge is 0.373 e. The fourth-order valence-electron chi connectivity index (χ4n) is 2.52. The summed E-state index contributed by atoms with van der Waals surface area (Å²) < 4.78 is 24.7. The van der Waals surface area contributed by atoms with Crippen molar-refractivity contribution >= 4 is 27.3 Å². The van der Waals surface area contributed by atoms with Gasteiger partial charge >= 0.3 is 0 Å². The minimum Gasteiger partial charge on any atom is -0.373 e. The van der Waals surface area contributed by atoms with Gasteiger partial charge in [0.05, 0.1) is 11.9 Å². The number of para-hydroxylation sites is 1. The van der Waals surface area contributed by atoms with Crippen molar-refractivity contribution in [3.63, 3.8) is 0 Å². The smallest absolute Gasteiger partial charge is 0.251 e. The minimum atomic E-state index is -3.38. The summed E-state index contributed by atoms with van der Waals surface area (Å²) in [6.45, 7) is 2.96. The fraction of sp³-hybridized carbons (Fsp3) is 0.316. The Kier molecular flexibility index (Phi) is 6.26. The molecule has 2 aromatic rings. The molecule has 2 aromatic carbocycles. The molecule has 1 N–H and O–H groups in total. The van der Waals surface area contributed by atoms with Gasteiger partial charge in [-0.05, 0) is 36.8 Å². The molecule has 0 spiro atoms. The zero-order valence-corrected chi connectivity index (χ0v) is 16.4. The molecule has 0 unspecified atom stereocenters. The first kappa shape index (κ1) is 19.8. The number of carbonyl (C=O) groups excluding carboxylic acids is 1. The first-order chi connectivity index (χ1) is 12.2. The molecule has 0 aliphatic heterocycles. The van der Waals surface area contributed by atoms with Crippen LogP contribution in [0.15, 0.2) is 48.5 Å². The van der Waals surface area contributed by atoms with Crippen molar-refractivity contribution in [2.75, 3.05) is 42.6 Å². The monoisotopic (exact) mass is 375 g/mol. The van der Waals surface area contributed by atoms with E-state index in [2.05, 4.69) is 10.2 Å². The summed E-state index contributed by atoms with van der Waals surface area (Å²) in [4.78, 5) is 14.5. The topological polar surface area (TPSA) is 69.7 Å². The molecule has 7 heteroatoms. The lowest BCUT2D eigenvalue weighted by Gasteiger charge is -2.21. The lowest BCUT2D eigenvalue weighted by atomic mass is 10.1. The van der Waals surface area contributed by atoms with E-state index in [1.807, 2.05) is 44.3 Å². The van der Waals surface area contributed by atoms with Gasteiger partial charge in [0.2, 0.25) is 10.0 Å². The van der Waals surface area contributed by atoms with Gasteiger partial charge in [-0.15, -0.1) is 0 Å². The van der Waals surface area contributed by atoms with E-state index in [1.54, 1.807) is 18.2 Å². The van der Waals surface area contributed by atoms with Crippen molar-refractivity contribution in [3.05, 3.63) is 59.7 Å². The first-order valence-electron chi connectivity index (χ1n) is 8.29. The average Bonchev–Trinajstić information content (AvgIpc) is 2.61. The van der Waals surface area contributed by atoms with E-state index in [0.717, 1.165) is 17.5 Å². The van der Waals surface area contributed by atoms with Crippen LogP contribution in [0.3, 0.4) is 0 Å². The van der Waals surface area contributed by atoms with Crippen LogP contribution in [0.2, 0.25) is 0 Å². The number of nitrogens with one attached hydrogen (secondary N) is 1. The fourth-order valence-corrected chi connectivity index (χ4v) is 3.07. The Morgan fingerprint density at radius 3 is 2.35 bits per heavy atom. The van der Waals surface area contributed by atoms with E-state index >= 15 is 0 Å². The molecule has 0 aliphatic carbocycles. The second-order valence-corrected chi connectivity index (χ2v) is 8.26. The van der Waals surface area contributed by atoms with Crippen LogP contribution in [-0.2, 0) is 10.0 Å². The number of hydrogen-bond donors (Lipinski definition) is 1. The quantitative estimate of drug-likeness (QED) is 0.806. The van der Waals surface area contributed by atoms with Crippen LogP contribution in [0.1, 0.15) is 15.9 Å². The summed E-state index contributed by atoms with van der Waals surface area (Å²) in [5.74, 6) is -0.227. The number of sulfonamides is 1. The Labute approximate surface area is 155 Å². The molecular weight excluding hydrogens is 350 g/mol. The van der Waals surface area contributed by atoms with Crippen LogP contribution >= 0.6 is 0 Å². The van der Waals surface area contributed by atoms with Crippen LogP contribution in [0.25, 0.3) is 0 Å². The van der Waals surface area contributed by atoms with Gasteiger partial charge in [0, 0.05) is 38.4 Å². The maximum atomic E-state index is 12.4. The molecule has 0 bridgehead atoms. The Bertz CT molecular complexity index is 867. The number of hydrogen-bond acceptors (Lipinski definition) is 4. The van der Waals surface area contributed by atoms with Crippen LogP contribution < -0.4 is 14.5 Å². The van der Waals surface area contributed by atoms with Crippen molar-refractivity contribution in [3.8, 4) is 0 Å². The van der Waals surface area contributed by atoms with E-state index in [1.165, 1.54) is 11.4 Å². The lowest BCUT2D eigenvalue weighted by molar-refractivity contribution is 0.0954. The number of anilines is 2. The van der Waals surface area contributed by atoms with Gasteiger partial charge in [-0.25, -0.2) is 8.42 Å². The van der Waals surface area contributed by atoms with Crippen LogP contribution in [0.5, 0.6) is 0 Å². The lowest BCUT2D eigenvalue weighted by Crippen LogP contribution is -2.33. The van der Waals surface area contributed by atoms with Crippen molar-refractivity contribution in [1.82, 2.24) is 5.32 Å². The summed E-state index contributed by atoms with van der Waals surface area (Å²) in [6.07, 6.45) is 1.14. The Morgan fingerprint density at radius 2 is 1.73 bits per heavy atom. The summed E-state index contributed by atoms with van der Waals surface area (Å²) in [7, 11) is 0.0604. The summed E-state index contributed by atoms with van der Waals surface area (Å²) >= 11 is 0. The number of benzene rings is 2. The van der Waals surface area contributed by atoms with Gasteiger partial charge in [-0.3, -0.25) is 9.10 Å². The summed E-state index contributed by atoms with van der Waals surface area (Å²) in [5, 5.41) is 2.88. The van der Waals surface area contributed by atoms with Gasteiger partial charge in [0.1, 0.15) is 0 Å². The molecule has 0 aliphatic rings. The molecule has 0 atom stereocenters. The van der Waals surface area contributed by atoms with Gasteiger partial charge in [-0.1, -0.05) is 24.3 Å². The normalized spacial score (nSPS) is 11.1. The van der Waals surface area contributed by atoms with Gasteiger partial charge in [-0.2, -0.15) is 0 Å². The number of amides is 1. The molecule has 26 heavy (non-hydrogen) atoms. The second-order valence-electron chi connectivity index (χ2n) is 6.24. The van der Waals surface area contributed by atoms with Gasteiger partial charge in [0.15, 0.2) is 0 Å². The number of likely N-dealkylation sites (N-methyl/N-ethyl adjacent to an activating group) is 1. The molecular formula is C19H25N3O3S. The Hall–Kier alpha value is -2.54. The highest BCUT2D eigenvalue weighted by Gasteiger charge is 2.16. The van der Waals surface area contributed by atoms with Crippen LogP contribution in [0, 0.1) is 6.92 Å². The summed E-state index contributed by atoms with van der Waals surface area (Å²) in [5.41, 5.74) is 2.80. The SMILES string of the molecule is Cc1ccc(C(=O)NCCN(C)c2ccccc2)cc1N(C)S(C)(=O)=O.